The lowest BCUT2D eigenvalue weighted by atomic mass is 9.81. The Kier molecular flexibility index (Phi) is 3.30. The molecule has 1 saturated carbocycles. The quantitative estimate of drug-likeness (QED) is 0.596. The Hall–Kier alpha value is -0.880. The van der Waals surface area contributed by atoms with Gasteiger partial charge in [0, 0.05) is 19.1 Å². The van der Waals surface area contributed by atoms with Gasteiger partial charge in [0.25, 0.3) is 6.02 Å². The second-order valence-electron chi connectivity index (χ2n) is 4.22. The average molecular weight is 232 g/mol. The van der Waals surface area contributed by atoms with Crippen LogP contribution in [0.15, 0.2) is 4.99 Å². The molecular weight excluding hydrogens is 215 g/mol. The summed E-state index contributed by atoms with van der Waals surface area (Å²) in [5.41, 5.74) is 0. The predicted molar refractivity (Wildman–Crippen MR) is 55.9 cm³/mol. The predicted octanol–water partition coefficient (Wildman–Crippen LogP) is -0.570. The van der Waals surface area contributed by atoms with E-state index in [0.29, 0.717) is 19.0 Å². The summed E-state index contributed by atoms with van der Waals surface area (Å²) in [6, 6.07) is -0.214. The van der Waals surface area contributed by atoms with Crippen LogP contribution in [0.2, 0.25) is 0 Å². The molecular formula is C10H17FN2O3. The van der Waals surface area contributed by atoms with Crippen molar-refractivity contribution in [3.05, 3.63) is 0 Å². The third-order valence-electron chi connectivity index (χ3n) is 3.18. The maximum absolute atomic E-state index is 13.8. The van der Waals surface area contributed by atoms with Crippen LogP contribution in [0.4, 0.5) is 4.39 Å². The van der Waals surface area contributed by atoms with Crippen molar-refractivity contribution in [2.75, 3.05) is 13.2 Å². The molecule has 5 nitrogen and oxygen atoms in total. The lowest BCUT2D eigenvalue weighted by molar-refractivity contribution is -0.0626. The Bertz CT molecular complexity index is 287. The largest absolute Gasteiger partial charge is 0.460 e. The van der Waals surface area contributed by atoms with Crippen molar-refractivity contribution in [2.45, 2.75) is 37.8 Å². The Balaban J connectivity index is 2.10. The van der Waals surface area contributed by atoms with Crippen LogP contribution >= 0.6 is 0 Å². The van der Waals surface area contributed by atoms with Gasteiger partial charge < -0.3 is 20.3 Å². The van der Waals surface area contributed by atoms with E-state index in [9.17, 15) is 9.50 Å². The highest BCUT2D eigenvalue weighted by Crippen LogP contribution is 2.32. The van der Waals surface area contributed by atoms with Gasteiger partial charge in [-0.3, -0.25) is 0 Å². The van der Waals surface area contributed by atoms with E-state index < -0.39 is 24.2 Å². The van der Waals surface area contributed by atoms with Gasteiger partial charge in [-0.1, -0.05) is 0 Å². The van der Waals surface area contributed by atoms with Gasteiger partial charge in [-0.2, -0.15) is 0 Å². The molecule has 2 rings (SSSR count). The summed E-state index contributed by atoms with van der Waals surface area (Å²) in [5, 5.41) is 21.5. The van der Waals surface area contributed by atoms with Crippen molar-refractivity contribution in [1.82, 2.24) is 5.32 Å². The molecule has 1 aliphatic heterocycles. The molecule has 5 unspecified atom stereocenters. The number of hydrogen-bond donors (Lipinski definition) is 3. The highest BCUT2D eigenvalue weighted by molar-refractivity contribution is 5.76. The second-order valence-corrected chi connectivity index (χ2v) is 4.22. The minimum Gasteiger partial charge on any atom is -0.460 e. The maximum atomic E-state index is 13.8. The topological polar surface area (TPSA) is 74.1 Å². The molecule has 0 spiro atoms. The molecule has 0 bridgehead atoms. The summed E-state index contributed by atoms with van der Waals surface area (Å²) < 4.78 is 19.3. The Labute approximate surface area is 93.3 Å². The van der Waals surface area contributed by atoms with Crippen LogP contribution in [-0.4, -0.2) is 53.8 Å². The summed E-state index contributed by atoms with van der Waals surface area (Å²) in [6.45, 7) is 2.19. The van der Waals surface area contributed by atoms with Gasteiger partial charge in [-0.15, -0.1) is 0 Å². The number of ether oxygens (including phenoxy) is 1. The minimum atomic E-state index is -1.43. The molecule has 1 heterocycles. The highest BCUT2D eigenvalue weighted by atomic mass is 19.1. The lowest BCUT2D eigenvalue weighted by Crippen LogP contribution is -2.54. The zero-order chi connectivity index (χ0) is 11.7. The molecule has 2 fully saturated rings. The van der Waals surface area contributed by atoms with E-state index in [2.05, 4.69) is 10.3 Å². The maximum Gasteiger partial charge on any atom is 0.285 e. The molecule has 1 saturated heterocycles. The first kappa shape index (κ1) is 11.6. The van der Waals surface area contributed by atoms with E-state index in [-0.39, 0.29) is 12.7 Å². The molecule has 6 heteroatoms. The lowest BCUT2D eigenvalue weighted by Gasteiger charge is -2.35. The van der Waals surface area contributed by atoms with Crippen molar-refractivity contribution in [1.29, 1.82) is 0 Å². The van der Waals surface area contributed by atoms with Crippen LogP contribution in [0.5, 0.6) is 0 Å². The van der Waals surface area contributed by atoms with Crippen LogP contribution < -0.4 is 5.32 Å². The number of aliphatic imine (C=N–C) groups is 1. The fraction of sp³-hybridized carbons (Fsp3) is 0.900. The van der Waals surface area contributed by atoms with E-state index in [1.165, 1.54) is 0 Å². The van der Waals surface area contributed by atoms with Crippen LogP contribution in [0, 0.1) is 5.92 Å². The fourth-order valence-corrected chi connectivity index (χ4v) is 2.28. The number of nitrogens with zero attached hydrogens (tertiary/aromatic N) is 1. The number of hydrogen-bond acceptors (Lipinski definition) is 4. The molecule has 5 atom stereocenters. The highest BCUT2D eigenvalue weighted by Gasteiger charge is 2.49. The molecule has 2 aliphatic rings. The minimum absolute atomic E-state index is 0.228. The van der Waals surface area contributed by atoms with Crippen molar-refractivity contribution < 1.29 is 19.3 Å². The fourth-order valence-electron chi connectivity index (χ4n) is 2.28. The van der Waals surface area contributed by atoms with Gasteiger partial charge in [-0.05, 0) is 13.3 Å². The zero-order valence-electron chi connectivity index (χ0n) is 9.14. The van der Waals surface area contributed by atoms with E-state index >= 15 is 0 Å². The third-order valence-corrected chi connectivity index (χ3v) is 3.18. The Morgan fingerprint density at radius 1 is 1.62 bits per heavy atom. The van der Waals surface area contributed by atoms with Gasteiger partial charge in [0.2, 0.25) is 0 Å². The van der Waals surface area contributed by atoms with E-state index in [0.717, 1.165) is 0 Å². The molecule has 0 aromatic rings. The monoisotopic (exact) mass is 232 g/mol. The summed E-state index contributed by atoms with van der Waals surface area (Å²) in [6.07, 6.45) is -2.47. The van der Waals surface area contributed by atoms with Gasteiger partial charge in [-0.25, -0.2) is 9.38 Å². The Morgan fingerprint density at radius 2 is 2.38 bits per heavy atom. The van der Waals surface area contributed by atoms with Crippen LogP contribution in [0.1, 0.15) is 13.3 Å². The smallest absolute Gasteiger partial charge is 0.285 e. The van der Waals surface area contributed by atoms with E-state index in [4.69, 9.17) is 9.84 Å². The molecule has 16 heavy (non-hydrogen) atoms. The molecule has 1 aliphatic carbocycles. The van der Waals surface area contributed by atoms with Crippen LogP contribution in [0.25, 0.3) is 0 Å². The van der Waals surface area contributed by atoms with Gasteiger partial charge in [0.15, 0.2) is 0 Å². The number of amidine groups is 1. The first-order chi connectivity index (χ1) is 7.67. The normalized spacial score (nSPS) is 45.0. The van der Waals surface area contributed by atoms with Gasteiger partial charge in [0.05, 0.1) is 6.10 Å². The summed E-state index contributed by atoms with van der Waals surface area (Å²) in [4.78, 5) is 4.03. The summed E-state index contributed by atoms with van der Waals surface area (Å²) in [7, 11) is 0. The Morgan fingerprint density at radius 3 is 3.00 bits per heavy atom. The van der Waals surface area contributed by atoms with Crippen molar-refractivity contribution in [2.24, 2.45) is 10.9 Å². The van der Waals surface area contributed by atoms with E-state index in [1.807, 2.05) is 6.92 Å². The molecule has 0 aromatic heterocycles. The number of halogens is 1. The molecule has 3 N–H and O–H groups in total. The molecule has 92 valence electrons. The SMILES string of the molecule is CCN=C1NC2C(CC(CO)C(O)C2F)O1. The number of alkyl halides is 1. The van der Waals surface area contributed by atoms with Crippen molar-refractivity contribution in [3.63, 3.8) is 0 Å². The number of nitrogens with one attached hydrogen (secondary N) is 1. The van der Waals surface area contributed by atoms with Crippen molar-refractivity contribution >= 4 is 6.02 Å². The first-order valence-electron chi connectivity index (χ1n) is 5.58. The van der Waals surface area contributed by atoms with Gasteiger partial charge >= 0.3 is 0 Å². The third kappa shape index (κ3) is 1.87. The molecule has 0 amide bonds. The summed E-state index contributed by atoms with van der Waals surface area (Å²) >= 11 is 0. The molecule has 0 aromatic carbocycles. The second kappa shape index (κ2) is 4.55. The van der Waals surface area contributed by atoms with Crippen molar-refractivity contribution in [3.8, 4) is 0 Å². The zero-order valence-corrected chi connectivity index (χ0v) is 9.14. The standard InChI is InChI=1S/C10H17FN2O3/c1-2-12-10-13-8-6(16-10)3-5(4-14)9(15)7(8)11/h5-9,14-15H,2-4H2,1H3,(H,12,13). The first-order valence-corrected chi connectivity index (χ1v) is 5.58. The molecule has 0 radical (unpaired) electrons. The number of fused-ring (bicyclic) bond motifs is 1. The van der Waals surface area contributed by atoms with Crippen LogP contribution in [0.3, 0.4) is 0 Å². The average Bonchev–Trinajstić information content (AvgIpc) is 2.67. The summed E-state index contributed by atoms with van der Waals surface area (Å²) in [5.74, 6) is -0.459. The van der Waals surface area contributed by atoms with Gasteiger partial charge in [0.1, 0.15) is 18.3 Å². The van der Waals surface area contributed by atoms with Crippen LogP contribution in [-0.2, 0) is 4.74 Å². The number of rotatable bonds is 2. The number of aliphatic hydroxyl groups excluding tert-OH is 2. The number of aliphatic hydroxyl groups is 2. The van der Waals surface area contributed by atoms with E-state index in [1.54, 1.807) is 0 Å².